The van der Waals surface area contributed by atoms with E-state index in [9.17, 15) is 27.9 Å². The number of benzene rings is 4. The molecule has 0 unspecified atom stereocenters. The molecule has 5 rings (SSSR count). The summed E-state index contributed by atoms with van der Waals surface area (Å²) in [5.74, 6) is -2.05. The second-order valence-corrected chi connectivity index (χ2v) is 9.44. The van der Waals surface area contributed by atoms with Crippen LogP contribution in [0.2, 0.25) is 5.02 Å². The van der Waals surface area contributed by atoms with Gasteiger partial charge in [-0.05, 0) is 55.0 Å². The third kappa shape index (κ3) is 5.15. The van der Waals surface area contributed by atoms with Crippen molar-refractivity contribution in [1.82, 2.24) is 9.78 Å². The number of aryl methyl sites for hydroxylation is 1. The molecule has 0 spiro atoms. The van der Waals surface area contributed by atoms with E-state index >= 15 is 0 Å². The fourth-order valence-corrected chi connectivity index (χ4v) is 4.63. The minimum atomic E-state index is -4.83. The van der Waals surface area contributed by atoms with Gasteiger partial charge in [-0.3, -0.25) is 4.79 Å². The highest BCUT2D eigenvalue weighted by Gasteiger charge is 2.37. The van der Waals surface area contributed by atoms with E-state index in [4.69, 9.17) is 16.3 Å². The Labute approximate surface area is 231 Å². The molecular formula is C30H20ClF3N2O4. The quantitative estimate of drug-likeness (QED) is 0.229. The number of alkyl halides is 3. The van der Waals surface area contributed by atoms with Gasteiger partial charge in [0.05, 0.1) is 27.2 Å². The number of nitrogens with zero attached hydrogens (tertiary/aromatic N) is 2. The topological polar surface area (TPSA) is 81.4 Å². The summed E-state index contributed by atoms with van der Waals surface area (Å²) in [6, 6.07) is 21.6. The molecule has 0 bridgehead atoms. The Morgan fingerprint density at radius 3 is 2.42 bits per heavy atom. The zero-order chi connectivity index (χ0) is 28.6. The predicted molar refractivity (Wildman–Crippen MR) is 144 cm³/mol. The van der Waals surface area contributed by atoms with E-state index in [2.05, 4.69) is 5.10 Å². The van der Waals surface area contributed by atoms with Crippen LogP contribution in [0.5, 0.6) is 5.75 Å². The lowest BCUT2D eigenvalue weighted by Gasteiger charge is -2.13. The molecule has 6 nitrogen and oxygen atoms in total. The summed E-state index contributed by atoms with van der Waals surface area (Å²) in [6.45, 7) is 1.93. The van der Waals surface area contributed by atoms with Crippen molar-refractivity contribution in [3.8, 4) is 17.0 Å². The average molecular weight is 565 g/mol. The van der Waals surface area contributed by atoms with Crippen molar-refractivity contribution in [3.63, 3.8) is 0 Å². The number of aromatic nitrogens is 2. The summed E-state index contributed by atoms with van der Waals surface area (Å²) in [5, 5.41) is 14.1. The Morgan fingerprint density at radius 2 is 1.73 bits per heavy atom. The highest BCUT2D eigenvalue weighted by molar-refractivity contribution is 6.34. The lowest BCUT2D eigenvalue weighted by Crippen LogP contribution is -2.20. The van der Waals surface area contributed by atoms with Crippen molar-refractivity contribution in [2.75, 3.05) is 0 Å². The Balaban J connectivity index is 1.70. The fourth-order valence-electron chi connectivity index (χ4n) is 4.38. The number of ether oxygens (including phenoxy) is 1. The van der Waals surface area contributed by atoms with Crippen molar-refractivity contribution >= 4 is 34.4 Å². The summed E-state index contributed by atoms with van der Waals surface area (Å²) < 4.78 is 48.4. The number of hydrogen-bond acceptors (Lipinski definition) is 4. The molecule has 0 saturated heterocycles. The Kier molecular flexibility index (Phi) is 7.08. The van der Waals surface area contributed by atoms with E-state index in [1.807, 2.05) is 37.3 Å². The van der Waals surface area contributed by atoms with Crippen molar-refractivity contribution in [2.45, 2.75) is 19.7 Å². The molecule has 0 saturated carbocycles. The summed E-state index contributed by atoms with van der Waals surface area (Å²) in [7, 11) is 0. The fraction of sp³-hybridized carbons (Fsp3) is 0.100. The highest BCUT2D eigenvalue weighted by atomic mass is 35.5. The van der Waals surface area contributed by atoms with Crippen LogP contribution in [0.1, 0.15) is 37.4 Å². The van der Waals surface area contributed by atoms with Gasteiger partial charge in [0.25, 0.3) is 5.91 Å². The summed E-state index contributed by atoms with van der Waals surface area (Å²) >= 11 is 6.11. The molecule has 1 N–H and O–H groups in total. The van der Waals surface area contributed by atoms with Gasteiger partial charge in [0.15, 0.2) is 0 Å². The molecule has 0 amide bonds. The normalized spacial score (nSPS) is 11.5. The first-order valence-corrected chi connectivity index (χ1v) is 12.4. The molecule has 4 aromatic carbocycles. The molecule has 1 aromatic heterocycles. The van der Waals surface area contributed by atoms with Gasteiger partial charge in [0.1, 0.15) is 18.1 Å². The van der Waals surface area contributed by atoms with Crippen molar-refractivity contribution in [2.24, 2.45) is 0 Å². The van der Waals surface area contributed by atoms with Crippen molar-refractivity contribution in [1.29, 1.82) is 0 Å². The minimum absolute atomic E-state index is 0.0336. The van der Waals surface area contributed by atoms with Gasteiger partial charge in [-0.25, -0.2) is 4.79 Å². The lowest BCUT2D eigenvalue weighted by atomic mass is 10.0. The second-order valence-electron chi connectivity index (χ2n) is 9.04. The first kappa shape index (κ1) is 27.0. The molecule has 40 heavy (non-hydrogen) atoms. The van der Waals surface area contributed by atoms with E-state index in [1.54, 1.807) is 18.2 Å². The summed E-state index contributed by atoms with van der Waals surface area (Å²) in [4.78, 5) is 25.3. The van der Waals surface area contributed by atoms with Crippen LogP contribution in [0.15, 0.2) is 84.9 Å². The zero-order valence-corrected chi connectivity index (χ0v) is 21.6. The van der Waals surface area contributed by atoms with Crippen LogP contribution in [0.25, 0.3) is 22.2 Å². The van der Waals surface area contributed by atoms with Crippen molar-refractivity contribution in [3.05, 3.63) is 118 Å². The van der Waals surface area contributed by atoms with E-state index in [-0.39, 0.29) is 34.2 Å². The number of halogens is 4. The van der Waals surface area contributed by atoms with Crippen LogP contribution in [0.3, 0.4) is 0 Å². The van der Waals surface area contributed by atoms with E-state index in [0.29, 0.717) is 10.9 Å². The molecule has 0 radical (unpaired) electrons. The molecule has 0 atom stereocenters. The molecule has 0 aliphatic carbocycles. The third-order valence-corrected chi connectivity index (χ3v) is 6.60. The van der Waals surface area contributed by atoms with Gasteiger partial charge in [-0.15, -0.1) is 0 Å². The Morgan fingerprint density at radius 1 is 0.975 bits per heavy atom. The molecule has 10 heteroatoms. The van der Waals surface area contributed by atoms with Crippen LogP contribution in [-0.4, -0.2) is 26.8 Å². The predicted octanol–water partition coefficient (Wildman–Crippen LogP) is 7.65. The average Bonchev–Trinajstić information content (AvgIpc) is 3.29. The molecule has 1 heterocycles. The smallest absolute Gasteiger partial charge is 0.417 e. The standard InChI is InChI=1S/C30H20ClF3N2O4/c1-17-10-13-24-21(14-17)27(35-36(24)28(37)26-22(30(32,33)34)8-5-9-23(26)31)20-12-11-19(29(38)39)15-25(20)40-16-18-6-3-2-4-7-18/h2-15H,16H2,1H3,(H,38,39). The van der Waals surface area contributed by atoms with Gasteiger partial charge >= 0.3 is 12.1 Å². The van der Waals surface area contributed by atoms with Gasteiger partial charge in [-0.1, -0.05) is 59.6 Å². The lowest BCUT2D eigenvalue weighted by molar-refractivity contribution is -0.137. The van der Waals surface area contributed by atoms with Crippen LogP contribution >= 0.6 is 11.6 Å². The van der Waals surface area contributed by atoms with Gasteiger partial charge < -0.3 is 9.84 Å². The second kappa shape index (κ2) is 10.5. The van der Waals surface area contributed by atoms with Crippen LogP contribution < -0.4 is 4.74 Å². The monoisotopic (exact) mass is 564 g/mol. The zero-order valence-electron chi connectivity index (χ0n) is 20.9. The Bertz CT molecular complexity index is 1760. The number of carbonyl (C=O) groups excluding carboxylic acids is 1. The maximum Gasteiger partial charge on any atom is 0.417 e. The van der Waals surface area contributed by atoms with Gasteiger partial charge in [0, 0.05) is 10.9 Å². The third-order valence-electron chi connectivity index (χ3n) is 6.28. The number of fused-ring (bicyclic) bond motifs is 1. The number of carboxylic acid groups (broad SMARTS) is 1. The number of aromatic carboxylic acids is 1. The van der Waals surface area contributed by atoms with Crippen LogP contribution in [0.4, 0.5) is 13.2 Å². The minimum Gasteiger partial charge on any atom is -0.488 e. The maximum absolute atomic E-state index is 13.8. The van der Waals surface area contributed by atoms with E-state index in [1.165, 1.54) is 24.3 Å². The van der Waals surface area contributed by atoms with Gasteiger partial charge in [0.2, 0.25) is 0 Å². The molecule has 0 aliphatic rings. The number of hydrogen-bond donors (Lipinski definition) is 1. The SMILES string of the molecule is Cc1ccc2c(c1)c(-c1ccc(C(=O)O)cc1OCc1ccccc1)nn2C(=O)c1c(Cl)cccc1C(F)(F)F. The molecule has 0 aliphatic heterocycles. The molecular weight excluding hydrogens is 545 g/mol. The molecule has 0 fully saturated rings. The number of carbonyl (C=O) groups is 2. The van der Waals surface area contributed by atoms with Gasteiger partial charge in [-0.2, -0.15) is 23.0 Å². The van der Waals surface area contributed by atoms with Crippen LogP contribution in [-0.2, 0) is 12.8 Å². The maximum atomic E-state index is 13.8. The van der Waals surface area contributed by atoms with E-state index < -0.39 is 29.2 Å². The highest BCUT2D eigenvalue weighted by Crippen LogP contribution is 2.39. The van der Waals surface area contributed by atoms with E-state index in [0.717, 1.165) is 27.9 Å². The van der Waals surface area contributed by atoms with Crippen molar-refractivity contribution < 1.29 is 32.6 Å². The Hall–Kier alpha value is -4.63. The largest absolute Gasteiger partial charge is 0.488 e. The molecule has 202 valence electrons. The number of rotatable bonds is 6. The summed E-state index contributed by atoms with van der Waals surface area (Å²) in [6.07, 6.45) is -4.83. The molecule has 5 aromatic rings. The van der Waals surface area contributed by atoms with Crippen LogP contribution in [0, 0.1) is 6.92 Å². The first-order valence-electron chi connectivity index (χ1n) is 12.0. The summed E-state index contributed by atoms with van der Waals surface area (Å²) in [5.41, 5.74) is 0.530. The number of carboxylic acids is 1. The first-order chi connectivity index (χ1) is 19.0.